The Balaban J connectivity index is 0.000000414. The molecule has 1 aromatic carbocycles. The van der Waals surface area contributed by atoms with Crippen LogP contribution in [0.1, 0.15) is 5.56 Å². The predicted molar refractivity (Wildman–Crippen MR) is 99.9 cm³/mol. The first-order valence-corrected chi connectivity index (χ1v) is 9.53. The second-order valence-electron chi connectivity index (χ2n) is 5.58. The van der Waals surface area contributed by atoms with E-state index >= 15 is 0 Å². The minimum absolute atomic E-state index is 0. The van der Waals surface area contributed by atoms with E-state index in [9.17, 15) is 9.59 Å². The molecule has 1 aliphatic heterocycles. The Morgan fingerprint density at radius 1 is 1.36 bits per heavy atom. The third kappa shape index (κ3) is 6.54. The molecule has 1 aromatic heterocycles. The fourth-order valence-corrected chi connectivity index (χ4v) is 2.43. The molecule has 1 aliphatic rings. The number of hydrogen-bond donors (Lipinski definition) is 1. The normalized spacial score (nSPS) is 14.7. The monoisotopic (exact) mass is 717 g/mol. The van der Waals surface area contributed by atoms with Gasteiger partial charge in [0.15, 0.2) is 0 Å². The van der Waals surface area contributed by atoms with Gasteiger partial charge in [-0.25, -0.2) is 0 Å². The van der Waals surface area contributed by atoms with Crippen molar-refractivity contribution in [1.82, 2.24) is 10.3 Å². The fourth-order valence-electron chi connectivity index (χ4n) is 2.22. The number of hydrogen-bond acceptors (Lipinski definition) is 4. The average Bonchev–Trinajstić information content (AvgIpc) is 2.81. The van der Waals surface area contributed by atoms with Gasteiger partial charge in [0.2, 0.25) is 0 Å². The molecule has 1 N–H and O–H groups in total. The van der Waals surface area contributed by atoms with Crippen LogP contribution >= 0.6 is 0 Å². The number of nitrogens with one attached hydrogen (secondary N) is 1. The van der Waals surface area contributed by atoms with Crippen LogP contribution in [0.4, 0.5) is 5.82 Å². The summed E-state index contributed by atoms with van der Waals surface area (Å²) in [5, 5.41) is 2.61. The van der Waals surface area contributed by atoms with Crippen LogP contribution in [0.15, 0.2) is 54.7 Å². The first-order valence-electron chi connectivity index (χ1n) is 8.06. The number of aromatic nitrogens is 1. The maximum absolute atomic E-state index is 12.3. The summed E-state index contributed by atoms with van der Waals surface area (Å²) in [6.45, 7) is 9.08. The molecule has 0 spiro atoms. The minimum atomic E-state index is -0.768. The molecule has 0 radical (unpaired) electrons. The number of carbonyl (C=O) groups is 2. The first kappa shape index (κ1) is 24.0. The van der Waals surface area contributed by atoms with E-state index in [0.29, 0.717) is 15.5 Å². The Kier molecular flexibility index (Phi) is 10.1. The second kappa shape index (κ2) is 11.7. The second-order valence-corrected chi connectivity index (χ2v) is 7.16. The number of benzene rings is 1. The molecule has 28 heavy (non-hydrogen) atoms. The van der Waals surface area contributed by atoms with Crippen molar-refractivity contribution in [2.45, 2.75) is 6.04 Å². The van der Waals surface area contributed by atoms with Crippen molar-refractivity contribution in [3.63, 3.8) is 0 Å². The largest absolute Gasteiger partial charge is 2.00 e. The van der Waals surface area contributed by atoms with Crippen molar-refractivity contribution in [3.05, 3.63) is 73.8 Å². The molecule has 3 rings (SSSR count). The van der Waals surface area contributed by atoms with Gasteiger partial charge in [0, 0.05) is 0 Å². The Labute approximate surface area is 190 Å². The van der Waals surface area contributed by atoms with Gasteiger partial charge in [0.05, 0.1) is 0 Å². The molecule has 2 aromatic rings. The van der Waals surface area contributed by atoms with Gasteiger partial charge < -0.3 is 0 Å². The molecular weight excluding hydrogens is 698 g/mol. The van der Waals surface area contributed by atoms with Crippen LogP contribution in [-0.4, -0.2) is 40.4 Å². The van der Waals surface area contributed by atoms with E-state index in [2.05, 4.69) is 17.2 Å². The first-order chi connectivity index (χ1) is 12.9. The van der Waals surface area contributed by atoms with Crippen LogP contribution < -0.4 is 15.0 Å². The van der Waals surface area contributed by atoms with Crippen LogP contribution in [0.5, 0.6) is 5.75 Å². The molecule has 0 saturated heterocycles. The van der Waals surface area contributed by atoms with E-state index < -0.39 is 6.04 Å². The summed E-state index contributed by atoms with van der Waals surface area (Å²) >= 11 is 0.931. The Morgan fingerprint density at radius 2 is 2.04 bits per heavy atom. The smallest absolute Gasteiger partial charge is 0.199 e. The third-order valence-electron chi connectivity index (χ3n) is 3.63. The maximum Gasteiger partial charge on any atom is 2.00 e. The Bertz CT molecular complexity index is 844. The molecule has 0 aliphatic carbocycles. The summed E-state index contributed by atoms with van der Waals surface area (Å²) in [5.74, 6) is 0.301. The summed E-state index contributed by atoms with van der Waals surface area (Å²) in [5.41, 5.74) is 1.07. The van der Waals surface area contributed by atoms with Crippen LogP contribution in [0.2, 0.25) is 0 Å². The summed E-state index contributed by atoms with van der Waals surface area (Å²) < 4.78 is 5.95. The summed E-state index contributed by atoms with van der Waals surface area (Å²) in [4.78, 5) is 29.6. The van der Waals surface area contributed by atoms with Gasteiger partial charge in [-0.1, -0.05) is 6.07 Å². The zero-order valence-electron chi connectivity index (χ0n) is 15.2. The number of carbonyl (C=O) groups excluding carboxylic acids is 2. The quantitative estimate of drug-likeness (QED) is 0.490. The van der Waals surface area contributed by atoms with Gasteiger partial charge in [-0.05, 0) is 0 Å². The fraction of sp³-hybridized carbons (Fsp3) is 0.150. The van der Waals surface area contributed by atoms with E-state index in [1.165, 1.54) is 11.0 Å². The number of likely N-dealkylation sites (N-methyl/N-ethyl adjacent to an activating group) is 1. The molecule has 2 amide bonds. The number of ether oxygens (including phenoxy) is 1. The van der Waals surface area contributed by atoms with Crippen LogP contribution in [0.3, 0.4) is 0 Å². The molecular formula is C20H19N3O3W2. The summed E-state index contributed by atoms with van der Waals surface area (Å²) in [6.07, 6.45) is 2.81. The van der Waals surface area contributed by atoms with Gasteiger partial charge in [-0.3, -0.25) is 0 Å². The molecule has 2 heterocycles. The van der Waals surface area contributed by atoms with Gasteiger partial charge in [0.1, 0.15) is 0 Å². The number of amides is 2. The van der Waals surface area contributed by atoms with Crippen LogP contribution in [0.25, 0.3) is 0 Å². The third-order valence-corrected chi connectivity index (χ3v) is 4.78. The molecule has 6 nitrogen and oxygen atoms in total. The van der Waals surface area contributed by atoms with E-state index in [0.717, 1.165) is 24.9 Å². The SMILES string of the molecule is [CH-]=C[C](=[W])C(=O)NC1COc2cccnc2N(C)C1=O.[CH2-]c1ccccc1.[W+2]. The maximum atomic E-state index is 12.3. The van der Waals surface area contributed by atoms with Crippen LogP contribution in [-0.2, 0) is 50.0 Å². The van der Waals surface area contributed by atoms with Gasteiger partial charge in [0.25, 0.3) is 0 Å². The van der Waals surface area contributed by atoms with E-state index in [4.69, 9.17) is 11.3 Å². The molecule has 1 atom stereocenters. The van der Waals surface area contributed by atoms with Crippen molar-refractivity contribution in [2.24, 2.45) is 0 Å². The molecule has 8 heteroatoms. The van der Waals surface area contributed by atoms with E-state index in [1.54, 1.807) is 25.4 Å². The molecule has 144 valence electrons. The number of fused-ring (bicyclic) bond motifs is 1. The average molecular weight is 717 g/mol. The Morgan fingerprint density at radius 3 is 2.61 bits per heavy atom. The minimum Gasteiger partial charge on any atom is -0.199 e. The Hall–Kier alpha value is -2.03. The number of pyridine rings is 1. The van der Waals surface area contributed by atoms with Gasteiger partial charge in [-0.2, -0.15) is 24.6 Å². The zero-order valence-corrected chi connectivity index (χ0v) is 21.1. The van der Waals surface area contributed by atoms with Gasteiger partial charge in [-0.15, -0.1) is 12.1 Å². The summed E-state index contributed by atoms with van der Waals surface area (Å²) in [7, 11) is 1.60. The molecule has 0 bridgehead atoms. The number of anilines is 1. The summed E-state index contributed by atoms with van der Waals surface area (Å²) in [6, 6.07) is 12.6. The van der Waals surface area contributed by atoms with Crippen LogP contribution in [0, 0.1) is 13.5 Å². The topological polar surface area (TPSA) is 71.5 Å². The van der Waals surface area contributed by atoms with E-state index in [1.807, 2.05) is 30.3 Å². The number of rotatable bonds is 3. The number of nitrogens with zero attached hydrogens (tertiary/aromatic N) is 2. The standard InChI is InChI=1S/C13H12N3O3.C7H7.2W/c1-3-5-11(17)15-9-8-19-10-6-4-7-14-12(10)16(2)13(9)18;1-7-5-3-2-4-6-7;;/h1,3-4,6-7,9H,8H2,2H3,(H,15,17);2-6H,1H2;;/q2*-1;;+2. The zero-order chi connectivity index (χ0) is 19.8. The van der Waals surface area contributed by atoms with Crippen molar-refractivity contribution >= 4 is 21.5 Å². The molecule has 0 fully saturated rings. The van der Waals surface area contributed by atoms with Crippen molar-refractivity contribution < 1.29 is 54.7 Å². The van der Waals surface area contributed by atoms with Crippen molar-refractivity contribution in [3.8, 4) is 5.75 Å². The predicted octanol–water partition coefficient (Wildman–Crippen LogP) is 1.50. The van der Waals surface area contributed by atoms with Gasteiger partial charge >= 0.3 is 148 Å². The van der Waals surface area contributed by atoms with Crippen molar-refractivity contribution in [1.29, 1.82) is 0 Å². The van der Waals surface area contributed by atoms with Crippen molar-refractivity contribution in [2.75, 3.05) is 18.6 Å². The molecule has 0 saturated carbocycles. The molecule has 1 unspecified atom stereocenters. The van der Waals surface area contributed by atoms with E-state index in [-0.39, 0.29) is 39.5 Å².